The fourth-order valence-corrected chi connectivity index (χ4v) is 5.61. The van der Waals surface area contributed by atoms with Gasteiger partial charge in [0, 0.05) is 18.1 Å². The highest BCUT2D eigenvalue weighted by molar-refractivity contribution is 6.04. The summed E-state index contributed by atoms with van der Waals surface area (Å²) < 4.78 is 31.5. The maximum absolute atomic E-state index is 14.0. The number of carbonyl (C=O) groups excluding carboxylic acids is 3. The van der Waals surface area contributed by atoms with Crippen LogP contribution in [0.1, 0.15) is 45.1 Å². The molecule has 2 aliphatic rings. The molecule has 9 nitrogen and oxygen atoms in total. The molecule has 0 radical (unpaired) electrons. The highest BCUT2D eigenvalue weighted by atomic mass is 16.8. The molecule has 0 spiro atoms. The van der Waals surface area contributed by atoms with Crippen molar-refractivity contribution in [3.8, 4) is 0 Å². The highest BCUT2D eigenvalue weighted by Crippen LogP contribution is 2.38. The zero-order valence-electron chi connectivity index (χ0n) is 24.6. The summed E-state index contributed by atoms with van der Waals surface area (Å²) in [7, 11) is 0. The predicted molar refractivity (Wildman–Crippen MR) is 163 cm³/mol. The maximum atomic E-state index is 14.0. The fourth-order valence-electron chi connectivity index (χ4n) is 5.61. The average molecular weight is 608 g/mol. The van der Waals surface area contributed by atoms with E-state index in [1.54, 1.807) is 60.7 Å². The summed E-state index contributed by atoms with van der Waals surface area (Å²) in [5, 5.41) is 0. The van der Waals surface area contributed by atoms with Gasteiger partial charge in [-0.1, -0.05) is 97.1 Å². The molecule has 6 atom stereocenters. The molecular weight excluding hydrogens is 574 g/mol. The Morgan fingerprint density at radius 2 is 1.33 bits per heavy atom. The molecule has 4 aromatic rings. The number of benzene rings is 4. The first-order valence-electron chi connectivity index (χ1n) is 14.8. The number of ether oxygens (including phenoxy) is 5. The van der Waals surface area contributed by atoms with Crippen molar-refractivity contribution in [1.82, 2.24) is 4.90 Å². The van der Waals surface area contributed by atoms with Crippen LogP contribution in [0.5, 0.6) is 0 Å². The van der Waals surface area contributed by atoms with Gasteiger partial charge in [-0.25, -0.2) is 4.79 Å². The Hall–Kier alpha value is -4.67. The third kappa shape index (κ3) is 6.87. The van der Waals surface area contributed by atoms with Crippen LogP contribution in [0.4, 0.5) is 0 Å². The van der Waals surface area contributed by atoms with Crippen molar-refractivity contribution in [2.24, 2.45) is 0 Å². The Bertz CT molecular complexity index is 1580. The third-order valence-corrected chi connectivity index (χ3v) is 7.77. The molecule has 0 saturated carbocycles. The molecule has 45 heavy (non-hydrogen) atoms. The number of esters is 1. The molecule has 9 heteroatoms. The lowest BCUT2D eigenvalue weighted by Gasteiger charge is -2.50. The van der Waals surface area contributed by atoms with E-state index in [9.17, 15) is 14.4 Å². The van der Waals surface area contributed by atoms with E-state index >= 15 is 0 Å². The number of imide groups is 1. The first kappa shape index (κ1) is 30.4. The van der Waals surface area contributed by atoms with E-state index < -0.39 is 54.7 Å². The van der Waals surface area contributed by atoms with Crippen LogP contribution in [0.15, 0.2) is 121 Å². The Morgan fingerprint density at radius 3 is 1.96 bits per heavy atom. The van der Waals surface area contributed by atoms with E-state index in [0.29, 0.717) is 5.56 Å². The Balaban J connectivity index is 1.42. The van der Waals surface area contributed by atoms with Crippen molar-refractivity contribution >= 4 is 17.8 Å². The third-order valence-electron chi connectivity index (χ3n) is 7.77. The summed E-state index contributed by atoms with van der Waals surface area (Å²) >= 11 is 0. The standard InChI is InChI=1S/C36H33NO8/c1-24(38)37(33(39)26-16-8-3-9-17-26)30-32(44-34(40)27-18-10-4-11-19-27)31-29(23-42-35(45-31)28-20-12-5-13-21-28)43-36(30)41-22-25-14-6-2-7-15-25/h2-21,29-32,35-36H,22-23H2,1H3/t29-,30-,31-,32-,35+,36+/m1/s1. The van der Waals surface area contributed by atoms with E-state index in [2.05, 4.69) is 0 Å². The van der Waals surface area contributed by atoms with Gasteiger partial charge in [0.15, 0.2) is 18.7 Å². The van der Waals surface area contributed by atoms with Gasteiger partial charge < -0.3 is 23.7 Å². The highest BCUT2D eigenvalue weighted by Gasteiger charge is 2.56. The molecule has 230 valence electrons. The van der Waals surface area contributed by atoms with Gasteiger partial charge in [0.1, 0.15) is 18.2 Å². The van der Waals surface area contributed by atoms with Crippen molar-refractivity contribution in [2.45, 2.75) is 50.5 Å². The normalized spacial score (nSPS) is 24.2. The Labute approximate surface area is 261 Å². The second-order valence-electron chi connectivity index (χ2n) is 10.8. The van der Waals surface area contributed by atoms with Gasteiger partial charge in [-0.05, 0) is 29.8 Å². The van der Waals surface area contributed by atoms with Crippen LogP contribution < -0.4 is 0 Å². The molecule has 0 unspecified atom stereocenters. The van der Waals surface area contributed by atoms with Crippen molar-refractivity contribution in [2.75, 3.05) is 6.61 Å². The van der Waals surface area contributed by atoms with Gasteiger partial charge in [-0.15, -0.1) is 0 Å². The molecule has 2 fully saturated rings. The van der Waals surface area contributed by atoms with E-state index in [4.69, 9.17) is 23.7 Å². The smallest absolute Gasteiger partial charge is 0.338 e. The van der Waals surface area contributed by atoms with E-state index in [1.807, 2.05) is 60.7 Å². The summed E-state index contributed by atoms with van der Waals surface area (Å²) in [4.78, 5) is 42.1. The molecule has 0 N–H and O–H groups in total. The minimum atomic E-state index is -1.21. The number of rotatable bonds is 8. The summed E-state index contributed by atoms with van der Waals surface area (Å²) in [6.07, 6.45) is -4.81. The van der Waals surface area contributed by atoms with Gasteiger partial charge in [0.05, 0.1) is 18.8 Å². The molecule has 2 heterocycles. The van der Waals surface area contributed by atoms with Gasteiger partial charge in [-0.2, -0.15) is 0 Å². The minimum absolute atomic E-state index is 0.0915. The zero-order chi connectivity index (χ0) is 31.2. The second kappa shape index (κ2) is 14.0. The Morgan fingerprint density at radius 1 is 0.756 bits per heavy atom. The molecule has 2 aliphatic heterocycles. The van der Waals surface area contributed by atoms with Crippen LogP contribution in [-0.2, 0) is 35.1 Å². The molecule has 4 aromatic carbocycles. The lowest BCUT2D eigenvalue weighted by Crippen LogP contribution is -2.69. The summed E-state index contributed by atoms with van der Waals surface area (Å²) in [5.41, 5.74) is 2.19. The molecular formula is C36H33NO8. The predicted octanol–water partition coefficient (Wildman–Crippen LogP) is 5.33. The minimum Gasteiger partial charge on any atom is -0.453 e. The monoisotopic (exact) mass is 607 g/mol. The fraction of sp³-hybridized carbons (Fsp3) is 0.250. The van der Waals surface area contributed by atoms with Crippen LogP contribution in [0.25, 0.3) is 0 Å². The van der Waals surface area contributed by atoms with Crippen LogP contribution in [0.2, 0.25) is 0 Å². The number of hydrogen-bond donors (Lipinski definition) is 0. The molecule has 0 aromatic heterocycles. The topological polar surface area (TPSA) is 101 Å². The quantitative estimate of drug-likeness (QED) is 0.248. The van der Waals surface area contributed by atoms with E-state index in [-0.39, 0.29) is 18.8 Å². The van der Waals surface area contributed by atoms with Gasteiger partial charge >= 0.3 is 5.97 Å². The zero-order valence-corrected chi connectivity index (χ0v) is 24.6. The second-order valence-corrected chi connectivity index (χ2v) is 10.8. The van der Waals surface area contributed by atoms with Gasteiger partial charge in [0.25, 0.3) is 5.91 Å². The van der Waals surface area contributed by atoms with Crippen molar-refractivity contribution in [3.63, 3.8) is 0 Å². The first-order valence-corrected chi connectivity index (χ1v) is 14.8. The van der Waals surface area contributed by atoms with Gasteiger partial charge in [0.2, 0.25) is 5.91 Å². The number of nitrogens with zero attached hydrogens (tertiary/aromatic N) is 1. The van der Waals surface area contributed by atoms with Crippen molar-refractivity contribution in [3.05, 3.63) is 144 Å². The number of fused-ring (bicyclic) bond motifs is 1. The maximum Gasteiger partial charge on any atom is 0.338 e. The lowest BCUT2D eigenvalue weighted by molar-refractivity contribution is -0.350. The SMILES string of the molecule is CC(=O)N(C(=O)c1ccccc1)[C@H]1[C@@H](OCc2ccccc2)O[C@@H]2CO[C@H](c3ccccc3)O[C@H]2[C@@H]1OC(=O)c1ccccc1. The number of hydrogen-bond acceptors (Lipinski definition) is 8. The van der Waals surface area contributed by atoms with Gasteiger partial charge in [-0.3, -0.25) is 14.5 Å². The van der Waals surface area contributed by atoms with Crippen molar-refractivity contribution < 1.29 is 38.1 Å². The van der Waals surface area contributed by atoms with Crippen LogP contribution in [0, 0.1) is 0 Å². The summed E-state index contributed by atoms with van der Waals surface area (Å²) in [6, 6.07) is 34.5. The summed E-state index contributed by atoms with van der Waals surface area (Å²) in [5.74, 6) is -1.80. The molecule has 0 bridgehead atoms. The van der Waals surface area contributed by atoms with Crippen LogP contribution >= 0.6 is 0 Å². The molecule has 2 saturated heterocycles. The Kier molecular flexibility index (Phi) is 9.42. The number of carbonyl (C=O) groups is 3. The largest absolute Gasteiger partial charge is 0.453 e. The molecule has 2 amide bonds. The van der Waals surface area contributed by atoms with E-state index in [1.165, 1.54) is 6.92 Å². The molecule has 0 aliphatic carbocycles. The average Bonchev–Trinajstić information content (AvgIpc) is 3.09. The first-order chi connectivity index (χ1) is 22.0. The van der Waals surface area contributed by atoms with E-state index in [0.717, 1.165) is 16.0 Å². The van der Waals surface area contributed by atoms with Crippen LogP contribution in [0.3, 0.4) is 0 Å². The summed E-state index contributed by atoms with van der Waals surface area (Å²) in [6.45, 7) is 1.49. The lowest BCUT2D eigenvalue weighted by atomic mass is 9.93. The number of amides is 2. The van der Waals surface area contributed by atoms with Crippen molar-refractivity contribution in [1.29, 1.82) is 0 Å². The van der Waals surface area contributed by atoms with Crippen LogP contribution in [-0.4, -0.2) is 59.9 Å². The molecule has 6 rings (SSSR count).